The van der Waals surface area contributed by atoms with Gasteiger partial charge in [-0.1, -0.05) is 0 Å². The maximum atomic E-state index is 12.7. The number of methoxy groups -OCH3 is 2. The molecule has 0 saturated carbocycles. The third-order valence-corrected chi connectivity index (χ3v) is 6.70. The van der Waals surface area contributed by atoms with Crippen molar-refractivity contribution in [2.45, 2.75) is 32.2 Å². The van der Waals surface area contributed by atoms with E-state index in [9.17, 15) is 9.59 Å². The van der Waals surface area contributed by atoms with Gasteiger partial charge in [0.1, 0.15) is 5.75 Å². The molecule has 2 atom stereocenters. The number of piperidine rings is 1. The van der Waals surface area contributed by atoms with Crippen molar-refractivity contribution in [1.29, 1.82) is 0 Å². The molecule has 1 N–H and O–H groups in total. The van der Waals surface area contributed by atoms with Crippen LogP contribution in [0.4, 0.5) is 5.69 Å². The molecule has 0 bridgehead atoms. The number of benzene rings is 1. The number of ether oxygens (including phenoxy) is 2. The first-order valence-corrected chi connectivity index (χ1v) is 11.7. The van der Waals surface area contributed by atoms with E-state index in [0.29, 0.717) is 32.5 Å². The first kappa shape index (κ1) is 24.3. The summed E-state index contributed by atoms with van der Waals surface area (Å²) in [7, 11) is 3.31. The number of piperazine rings is 1. The summed E-state index contributed by atoms with van der Waals surface area (Å²) in [5.41, 5.74) is 1.23. The van der Waals surface area contributed by atoms with Crippen LogP contribution in [0.2, 0.25) is 0 Å². The van der Waals surface area contributed by atoms with Crippen molar-refractivity contribution in [3.63, 3.8) is 0 Å². The zero-order valence-corrected chi connectivity index (χ0v) is 19.7. The van der Waals surface area contributed by atoms with E-state index in [0.717, 1.165) is 44.9 Å². The highest BCUT2D eigenvalue weighted by molar-refractivity contribution is 5.84. The Kier molecular flexibility index (Phi) is 9.17. The second-order valence-electron chi connectivity index (χ2n) is 8.64. The Morgan fingerprint density at radius 3 is 2.47 bits per heavy atom. The van der Waals surface area contributed by atoms with Crippen molar-refractivity contribution in [2.75, 3.05) is 71.5 Å². The van der Waals surface area contributed by atoms with Gasteiger partial charge in [0.15, 0.2) is 0 Å². The summed E-state index contributed by atoms with van der Waals surface area (Å²) in [6, 6.07) is 8.15. The van der Waals surface area contributed by atoms with Gasteiger partial charge in [0.05, 0.1) is 19.6 Å². The molecule has 0 aromatic heterocycles. The van der Waals surface area contributed by atoms with Crippen LogP contribution in [0.1, 0.15) is 26.2 Å². The second kappa shape index (κ2) is 12.1. The Balaban J connectivity index is 1.34. The standard InChI is InChI=1S/C24H38N4O4/c1-19-22(9-10-23(29)28(19)17-18-31-2)24(30)25-11-4-12-26-13-15-27(16-14-26)20-5-7-21(32-3)8-6-20/h5-8,19,22H,4,9-18H2,1-3H3,(H,25,30). The number of hydrogen-bond donors (Lipinski definition) is 1. The van der Waals surface area contributed by atoms with E-state index < -0.39 is 0 Å². The third kappa shape index (κ3) is 6.36. The largest absolute Gasteiger partial charge is 0.497 e. The minimum atomic E-state index is -0.141. The average Bonchev–Trinajstić information content (AvgIpc) is 2.82. The first-order valence-electron chi connectivity index (χ1n) is 11.7. The second-order valence-corrected chi connectivity index (χ2v) is 8.64. The predicted molar refractivity (Wildman–Crippen MR) is 125 cm³/mol. The van der Waals surface area contributed by atoms with Gasteiger partial charge in [0.2, 0.25) is 11.8 Å². The van der Waals surface area contributed by atoms with Crippen molar-refractivity contribution in [3.8, 4) is 5.75 Å². The normalized spacial score (nSPS) is 22.2. The van der Waals surface area contributed by atoms with Crippen LogP contribution in [0.25, 0.3) is 0 Å². The van der Waals surface area contributed by atoms with Gasteiger partial charge in [0, 0.05) is 64.5 Å². The lowest BCUT2D eigenvalue weighted by Crippen LogP contribution is -2.52. The molecule has 2 amide bonds. The molecule has 2 fully saturated rings. The molecule has 3 rings (SSSR count). The number of rotatable bonds is 10. The molecule has 32 heavy (non-hydrogen) atoms. The molecule has 0 radical (unpaired) electrons. The van der Waals surface area contributed by atoms with Crippen LogP contribution in [0, 0.1) is 5.92 Å². The number of hydrogen-bond acceptors (Lipinski definition) is 6. The zero-order chi connectivity index (χ0) is 22.9. The summed E-state index contributed by atoms with van der Waals surface area (Å²) in [5.74, 6) is 0.924. The topological polar surface area (TPSA) is 74.4 Å². The summed E-state index contributed by atoms with van der Waals surface area (Å²) in [6.07, 6.45) is 1.99. The van der Waals surface area contributed by atoms with Crippen molar-refractivity contribution in [3.05, 3.63) is 24.3 Å². The molecule has 1 aromatic carbocycles. The third-order valence-electron chi connectivity index (χ3n) is 6.70. The number of nitrogens with zero attached hydrogens (tertiary/aromatic N) is 3. The molecule has 2 aliphatic rings. The summed E-state index contributed by atoms with van der Waals surface area (Å²) in [5, 5.41) is 3.10. The fourth-order valence-electron chi connectivity index (χ4n) is 4.64. The van der Waals surface area contributed by atoms with Crippen LogP contribution >= 0.6 is 0 Å². The highest BCUT2D eigenvalue weighted by atomic mass is 16.5. The van der Waals surface area contributed by atoms with Gasteiger partial charge in [-0.3, -0.25) is 14.5 Å². The predicted octanol–water partition coefficient (Wildman–Crippen LogP) is 1.60. The van der Waals surface area contributed by atoms with E-state index in [1.807, 2.05) is 19.1 Å². The molecule has 178 valence electrons. The Hall–Kier alpha value is -2.32. The van der Waals surface area contributed by atoms with E-state index in [-0.39, 0.29) is 23.8 Å². The number of nitrogens with one attached hydrogen (secondary N) is 1. The molecule has 0 spiro atoms. The summed E-state index contributed by atoms with van der Waals surface area (Å²) in [4.78, 5) is 31.6. The van der Waals surface area contributed by atoms with E-state index >= 15 is 0 Å². The van der Waals surface area contributed by atoms with Crippen LogP contribution in [-0.4, -0.2) is 94.3 Å². The number of carbonyl (C=O) groups excluding carboxylic acids is 2. The SMILES string of the molecule is COCCN1C(=O)CCC(C(=O)NCCCN2CCN(c3ccc(OC)cc3)CC2)C1C. The van der Waals surface area contributed by atoms with Gasteiger partial charge in [-0.05, 0) is 50.6 Å². The number of carbonyl (C=O) groups is 2. The quantitative estimate of drug-likeness (QED) is 0.551. The van der Waals surface area contributed by atoms with Gasteiger partial charge < -0.3 is 24.6 Å². The number of amides is 2. The van der Waals surface area contributed by atoms with Crippen LogP contribution in [0.5, 0.6) is 5.75 Å². The van der Waals surface area contributed by atoms with Gasteiger partial charge in [-0.25, -0.2) is 0 Å². The van der Waals surface area contributed by atoms with Crippen molar-refractivity contribution >= 4 is 17.5 Å². The van der Waals surface area contributed by atoms with Crippen LogP contribution in [-0.2, 0) is 14.3 Å². The van der Waals surface area contributed by atoms with Crippen molar-refractivity contribution < 1.29 is 19.1 Å². The van der Waals surface area contributed by atoms with E-state index in [4.69, 9.17) is 9.47 Å². The lowest BCUT2D eigenvalue weighted by atomic mass is 9.89. The zero-order valence-electron chi connectivity index (χ0n) is 19.7. The lowest BCUT2D eigenvalue weighted by Gasteiger charge is -2.38. The van der Waals surface area contributed by atoms with Gasteiger partial charge in [-0.15, -0.1) is 0 Å². The van der Waals surface area contributed by atoms with Gasteiger partial charge in [-0.2, -0.15) is 0 Å². The summed E-state index contributed by atoms with van der Waals surface area (Å²) in [6.45, 7) is 8.72. The van der Waals surface area contributed by atoms with Crippen molar-refractivity contribution in [1.82, 2.24) is 15.1 Å². The molecule has 8 nitrogen and oxygen atoms in total. The molecule has 2 aliphatic heterocycles. The molecular weight excluding hydrogens is 408 g/mol. The molecular formula is C24H38N4O4. The van der Waals surface area contributed by atoms with Crippen LogP contribution < -0.4 is 15.0 Å². The summed E-state index contributed by atoms with van der Waals surface area (Å²) >= 11 is 0. The van der Waals surface area contributed by atoms with E-state index in [1.165, 1.54) is 5.69 Å². The maximum Gasteiger partial charge on any atom is 0.225 e. The molecule has 2 unspecified atom stereocenters. The monoisotopic (exact) mass is 446 g/mol. The molecule has 8 heteroatoms. The fraction of sp³-hybridized carbons (Fsp3) is 0.667. The number of likely N-dealkylation sites (tertiary alicyclic amines) is 1. The molecule has 1 aromatic rings. The van der Waals surface area contributed by atoms with E-state index in [1.54, 1.807) is 19.1 Å². The smallest absolute Gasteiger partial charge is 0.225 e. The Bertz CT molecular complexity index is 734. The van der Waals surface area contributed by atoms with Crippen LogP contribution in [0.3, 0.4) is 0 Å². The van der Waals surface area contributed by atoms with Gasteiger partial charge >= 0.3 is 0 Å². The number of anilines is 1. The fourth-order valence-corrected chi connectivity index (χ4v) is 4.64. The Morgan fingerprint density at radius 1 is 1.09 bits per heavy atom. The molecule has 2 saturated heterocycles. The van der Waals surface area contributed by atoms with Crippen LogP contribution in [0.15, 0.2) is 24.3 Å². The molecule has 2 heterocycles. The Labute approximate surface area is 191 Å². The highest BCUT2D eigenvalue weighted by Crippen LogP contribution is 2.24. The highest BCUT2D eigenvalue weighted by Gasteiger charge is 2.36. The minimum Gasteiger partial charge on any atom is -0.497 e. The summed E-state index contributed by atoms with van der Waals surface area (Å²) < 4.78 is 10.3. The maximum absolute atomic E-state index is 12.7. The first-order chi connectivity index (χ1) is 15.5. The minimum absolute atomic E-state index is 0.0664. The molecule has 0 aliphatic carbocycles. The lowest BCUT2D eigenvalue weighted by molar-refractivity contribution is -0.143. The van der Waals surface area contributed by atoms with Gasteiger partial charge in [0.25, 0.3) is 0 Å². The van der Waals surface area contributed by atoms with Crippen molar-refractivity contribution in [2.24, 2.45) is 5.92 Å². The Morgan fingerprint density at radius 2 is 1.81 bits per heavy atom. The van der Waals surface area contributed by atoms with E-state index in [2.05, 4.69) is 27.2 Å². The average molecular weight is 447 g/mol.